The Labute approximate surface area is 165 Å². The van der Waals surface area contributed by atoms with Gasteiger partial charge in [-0.3, -0.25) is 4.79 Å². The fraction of sp³-hybridized carbons (Fsp3) is 0.476. The van der Waals surface area contributed by atoms with Crippen molar-refractivity contribution in [3.8, 4) is 0 Å². The summed E-state index contributed by atoms with van der Waals surface area (Å²) in [5, 5.41) is 0. The number of rotatable bonds is 3. The molecule has 2 aliphatic rings. The number of amides is 1. The highest BCUT2D eigenvalue weighted by atomic mass is 19.1. The van der Waals surface area contributed by atoms with E-state index in [0.29, 0.717) is 19.6 Å². The molecule has 1 amide bonds. The first kappa shape index (κ1) is 18.7. The number of aryl methyl sites for hydroxylation is 1. The minimum absolute atomic E-state index is 0.00441. The number of carbonyl (C=O) groups excluding carboxylic acids is 1. The summed E-state index contributed by atoms with van der Waals surface area (Å²) in [6, 6.07) is 8.45. The van der Waals surface area contributed by atoms with Gasteiger partial charge < -0.3 is 14.7 Å². The smallest absolute Gasteiger partial charge is 0.227 e. The summed E-state index contributed by atoms with van der Waals surface area (Å²) in [5.74, 6) is 0.724. The number of piperidine rings is 1. The van der Waals surface area contributed by atoms with Crippen molar-refractivity contribution in [3.63, 3.8) is 0 Å². The van der Waals surface area contributed by atoms with Gasteiger partial charge in [0.2, 0.25) is 11.9 Å². The third-order valence-electron chi connectivity index (χ3n) is 5.62. The molecule has 148 valence electrons. The third kappa shape index (κ3) is 4.08. The molecule has 1 aromatic carbocycles. The van der Waals surface area contributed by atoms with E-state index < -0.39 is 0 Å². The highest BCUT2D eigenvalue weighted by Gasteiger charge is 2.31. The number of benzene rings is 1. The van der Waals surface area contributed by atoms with Gasteiger partial charge in [-0.05, 0) is 50.1 Å². The van der Waals surface area contributed by atoms with Crippen LogP contribution in [0.5, 0.6) is 0 Å². The van der Waals surface area contributed by atoms with E-state index in [0.717, 1.165) is 49.8 Å². The van der Waals surface area contributed by atoms with Gasteiger partial charge in [0.05, 0.1) is 5.92 Å². The number of anilines is 2. The van der Waals surface area contributed by atoms with Crippen LogP contribution in [0.25, 0.3) is 0 Å². The van der Waals surface area contributed by atoms with Crippen molar-refractivity contribution >= 4 is 17.5 Å². The molecule has 0 radical (unpaired) electrons. The molecule has 0 aliphatic carbocycles. The van der Waals surface area contributed by atoms with E-state index >= 15 is 0 Å². The molecule has 1 aromatic heterocycles. The normalized spacial score (nSPS) is 20.4. The number of nitrogens with zero attached hydrogens (tertiary/aromatic N) is 5. The second-order valence-corrected chi connectivity index (χ2v) is 7.57. The monoisotopic (exact) mass is 383 g/mol. The molecule has 2 saturated heterocycles. The summed E-state index contributed by atoms with van der Waals surface area (Å²) in [6.07, 6.45) is 3.67. The Balaban J connectivity index is 1.35. The molecule has 1 atom stereocenters. The van der Waals surface area contributed by atoms with E-state index in [1.807, 2.05) is 17.9 Å². The van der Waals surface area contributed by atoms with E-state index in [-0.39, 0.29) is 17.6 Å². The summed E-state index contributed by atoms with van der Waals surface area (Å²) in [6.45, 7) is 6.48. The molecule has 2 aromatic rings. The van der Waals surface area contributed by atoms with Crippen molar-refractivity contribution in [2.75, 3.05) is 49.1 Å². The van der Waals surface area contributed by atoms with Crippen molar-refractivity contribution < 1.29 is 9.18 Å². The summed E-state index contributed by atoms with van der Waals surface area (Å²) < 4.78 is 13.1. The maximum absolute atomic E-state index is 13.1. The van der Waals surface area contributed by atoms with E-state index in [1.165, 1.54) is 12.1 Å². The zero-order chi connectivity index (χ0) is 19.5. The fourth-order valence-corrected chi connectivity index (χ4v) is 4.04. The van der Waals surface area contributed by atoms with Crippen molar-refractivity contribution in [2.45, 2.75) is 19.8 Å². The van der Waals surface area contributed by atoms with Crippen molar-refractivity contribution in [1.29, 1.82) is 0 Å². The Morgan fingerprint density at radius 3 is 2.50 bits per heavy atom. The molecule has 0 bridgehead atoms. The predicted molar refractivity (Wildman–Crippen MR) is 107 cm³/mol. The van der Waals surface area contributed by atoms with Crippen LogP contribution in [-0.2, 0) is 4.79 Å². The lowest BCUT2D eigenvalue weighted by atomic mass is 9.96. The lowest BCUT2D eigenvalue weighted by Gasteiger charge is -2.39. The van der Waals surface area contributed by atoms with Crippen LogP contribution in [0.15, 0.2) is 36.5 Å². The zero-order valence-corrected chi connectivity index (χ0v) is 16.2. The van der Waals surface area contributed by atoms with E-state index in [2.05, 4.69) is 19.8 Å². The Morgan fingerprint density at radius 2 is 1.79 bits per heavy atom. The maximum atomic E-state index is 13.1. The minimum Gasteiger partial charge on any atom is -0.368 e. The number of aromatic nitrogens is 2. The summed E-state index contributed by atoms with van der Waals surface area (Å²) >= 11 is 0. The van der Waals surface area contributed by atoms with Crippen LogP contribution >= 0.6 is 0 Å². The number of piperazine rings is 1. The van der Waals surface area contributed by atoms with Crippen molar-refractivity contribution in [3.05, 3.63) is 48.0 Å². The van der Waals surface area contributed by atoms with Gasteiger partial charge in [0, 0.05) is 56.8 Å². The van der Waals surface area contributed by atoms with Crippen LogP contribution in [0.1, 0.15) is 18.5 Å². The van der Waals surface area contributed by atoms with Crippen LogP contribution in [0.2, 0.25) is 0 Å². The summed E-state index contributed by atoms with van der Waals surface area (Å²) in [4.78, 5) is 28.3. The molecule has 0 N–H and O–H groups in total. The number of halogens is 1. The van der Waals surface area contributed by atoms with E-state index in [4.69, 9.17) is 0 Å². The van der Waals surface area contributed by atoms with Gasteiger partial charge >= 0.3 is 0 Å². The van der Waals surface area contributed by atoms with Gasteiger partial charge in [-0.25, -0.2) is 14.4 Å². The largest absolute Gasteiger partial charge is 0.368 e. The summed E-state index contributed by atoms with van der Waals surface area (Å²) in [7, 11) is 0. The number of hydrogen-bond acceptors (Lipinski definition) is 5. The standard InChI is InChI=1S/C21H26FN5O/c1-16-8-9-23-21(24-16)27-10-2-3-17(15-27)20(28)26-13-11-25(12-14-26)19-6-4-18(22)5-7-19/h4-9,17H,2-3,10-15H2,1H3. The summed E-state index contributed by atoms with van der Waals surface area (Å²) in [5.41, 5.74) is 1.95. The van der Waals surface area contributed by atoms with Crippen LogP contribution in [-0.4, -0.2) is 60.0 Å². The highest BCUT2D eigenvalue weighted by Crippen LogP contribution is 2.24. The van der Waals surface area contributed by atoms with Crippen LogP contribution in [0.3, 0.4) is 0 Å². The lowest BCUT2D eigenvalue weighted by Crippen LogP contribution is -2.52. The Bertz CT molecular complexity index is 820. The van der Waals surface area contributed by atoms with Gasteiger partial charge in [0.25, 0.3) is 0 Å². The molecule has 3 heterocycles. The van der Waals surface area contributed by atoms with Crippen LogP contribution in [0, 0.1) is 18.7 Å². The third-order valence-corrected chi connectivity index (χ3v) is 5.62. The van der Waals surface area contributed by atoms with Gasteiger partial charge in [0.1, 0.15) is 5.82 Å². The van der Waals surface area contributed by atoms with E-state index in [1.54, 1.807) is 18.3 Å². The number of hydrogen-bond donors (Lipinski definition) is 0. The average Bonchev–Trinajstić information content (AvgIpc) is 2.74. The van der Waals surface area contributed by atoms with Crippen molar-refractivity contribution in [2.24, 2.45) is 5.92 Å². The highest BCUT2D eigenvalue weighted by molar-refractivity contribution is 5.80. The quantitative estimate of drug-likeness (QED) is 0.815. The molecule has 2 fully saturated rings. The fourth-order valence-electron chi connectivity index (χ4n) is 4.04. The Morgan fingerprint density at radius 1 is 1.04 bits per heavy atom. The first-order valence-corrected chi connectivity index (χ1v) is 9.94. The lowest BCUT2D eigenvalue weighted by molar-refractivity contribution is -0.136. The molecule has 0 saturated carbocycles. The average molecular weight is 383 g/mol. The molecular formula is C21H26FN5O. The van der Waals surface area contributed by atoms with Crippen LogP contribution < -0.4 is 9.80 Å². The zero-order valence-electron chi connectivity index (χ0n) is 16.2. The molecule has 28 heavy (non-hydrogen) atoms. The molecule has 2 aliphatic heterocycles. The molecule has 0 spiro atoms. The topological polar surface area (TPSA) is 52.6 Å². The number of carbonyl (C=O) groups is 1. The molecular weight excluding hydrogens is 357 g/mol. The Kier molecular flexibility index (Phi) is 5.41. The molecule has 1 unspecified atom stereocenters. The van der Waals surface area contributed by atoms with Gasteiger partial charge in [-0.15, -0.1) is 0 Å². The first-order chi connectivity index (χ1) is 13.6. The second-order valence-electron chi connectivity index (χ2n) is 7.57. The van der Waals surface area contributed by atoms with Gasteiger partial charge in [0.15, 0.2) is 0 Å². The predicted octanol–water partition coefficient (Wildman–Crippen LogP) is 2.49. The van der Waals surface area contributed by atoms with E-state index in [9.17, 15) is 9.18 Å². The van der Waals surface area contributed by atoms with Gasteiger partial charge in [-0.2, -0.15) is 0 Å². The maximum Gasteiger partial charge on any atom is 0.227 e. The molecule has 7 heteroatoms. The first-order valence-electron chi connectivity index (χ1n) is 9.94. The van der Waals surface area contributed by atoms with Crippen molar-refractivity contribution in [1.82, 2.24) is 14.9 Å². The Hall–Kier alpha value is -2.70. The van der Waals surface area contributed by atoms with Gasteiger partial charge in [-0.1, -0.05) is 0 Å². The molecule has 6 nitrogen and oxygen atoms in total. The second kappa shape index (κ2) is 8.12. The van der Waals surface area contributed by atoms with Crippen LogP contribution in [0.4, 0.5) is 16.0 Å². The SMILES string of the molecule is Cc1ccnc(N2CCCC(C(=O)N3CCN(c4ccc(F)cc4)CC3)C2)n1. The molecule has 4 rings (SSSR count). The minimum atomic E-state index is -0.225.